The number of para-hydroxylation sites is 2. The molecule has 0 unspecified atom stereocenters. The Morgan fingerprint density at radius 3 is 1.91 bits per heavy atom. The molecular formula is C42H20B11N2O. The average Bonchev–Trinajstić information content (AvgIpc) is 3.57. The number of benzene rings is 7. The number of hydrogen-bond donors (Lipinski definition) is 1. The van der Waals surface area contributed by atoms with Gasteiger partial charge in [-0.2, -0.15) is 0 Å². The molecule has 0 atom stereocenters. The molecular weight excluding hydrogens is 667 g/mol. The van der Waals surface area contributed by atoms with E-state index in [0.717, 1.165) is 27.1 Å². The van der Waals surface area contributed by atoms with Crippen LogP contribution < -0.4 is 43.5 Å². The number of aromatic nitrogens is 2. The van der Waals surface area contributed by atoms with E-state index in [1.807, 2.05) is 72.8 Å². The number of nitrogens with zero attached hydrogens (tertiary/aromatic N) is 2. The quantitative estimate of drug-likeness (QED) is 0.203. The van der Waals surface area contributed by atoms with Crippen molar-refractivity contribution in [3.63, 3.8) is 0 Å². The molecule has 0 amide bonds. The summed E-state index contributed by atoms with van der Waals surface area (Å²) < 4.78 is 1.79. The Labute approximate surface area is 339 Å². The van der Waals surface area contributed by atoms with Crippen LogP contribution in [-0.4, -0.2) is 101 Å². The van der Waals surface area contributed by atoms with Crippen LogP contribution in [0.3, 0.4) is 0 Å². The molecule has 0 spiro atoms. The maximum atomic E-state index is 10.8. The van der Waals surface area contributed by atoms with Crippen molar-refractivity contribution in [2.24, 2.45) is 0 Å². The second-order valence-corrected chi connectivity index (χ2v) is 14.0. The maximum absolute atomic E-state index is 10.8. The predicted octanol–water partition coefficient (Wildman–Crippen LogP) is -0.346. The normalized spacial score (nSPS) is 12.8. The van der Waals surface area contributed by atoms with Crippen LogP contribution in [0.2, 0.25) is 0 Å². The van der Waals surface area contributed by atoms with Gasteiger partial charge in [-0.05, 0) is 0 Å². The van der Waals surface area contributed by atoms with E-state index < -0.39 is 0 Å². The second-order valence-electron chi connectivity index (χ2n) is 14.0. The summed E-state index contributed by atoms with van der Waals surface area (Å²) in [6.45, 7) is 3.33. The van der Waals surface area contributed by atoms with E-state index in [-0.39, 0.29) is 76.6 Å². The van der Waals surface area contributed by atoms with Crippen molar-refractivity contribution in [2.75, 3.05) is 0 Å². The average molecular weight is 688 g/mol. The van der Waals surface area contributed by atoms with Gasteiger partial charge in [0.25, 0.3) is 0 Å². The van der Waals surface area contributed by atoms with Gasteiger partial charge in [-0.3, -0.25) is 0 Å². The van der Waals surface area contributed by atoms with Gasteiger partial charge in [-0.25, -0.2) is 0 Å². The van der Waals surface area contributed by atoms with Gasteiger partial charge in [0.2, 0.25) is 0 Å². The second kappa shape index (κ2) is 13.8. The molecule has 56 heavy (non-hydrogen) atoms. The monoisotopic (exact) mass is 689 g/mol. The Morgan fingerprint density at radius 2 is 1.23 bits per heavy atom. The molecule has 0 bridgehead atoms. The number of allylic oxidation sites excluding steroid dienone is 2. The van der Waals surface area contributed by atoms with Crippen molar-refractivity contribution in [3.8, 4) is 34.0 Å². The number of aromatic hydroxyl groups is 1. The number of phenols is 1. The van der Waals surface area contributed by atoms with Crippen LogP contribution in [-0.2, 0) is 0 Å². The molecule has 7 aromatic carbocycles. The molecule has 3 nitrogen and oxygen atoms in total. The molecule has 1 N–H and O–H groups in total. The van der Waals surface area contributed by atoms with Crippen LogP contribution >= 0.6 is 0 Å². The molecule has 8 aromatic rings. The number of phenolic OH excluding ortho intramolecular Hbond substituents is 1. The molecule has 0 aliphatic heterocycles. The Morgan fingerprint density at radius 1 is 0.643 bits per heavy atom. The van der Waals surface area contributed by atoms with E-state index >= 15 is 0 Å². The Balaban J connectivity index is 1.74. The van der Waals surface area contributed by atoms with Crippen molar-refractivity contribution < 1.29 is 5.11 Å². The molecule has 0 saturated carbocycles. The van der Waals surface area contributed by atoms with E-state index in [9.17, 15) is 5.11 Å². The third kappa shape index (κ3) is 5.42. The summed E-state index contributed by atoms with van der Waals surface area (Å²) in [4.78, 5) is 5.06. The van der Waals surface area contributed by atoms with Gasteiger partial charge in [0, 0.05) is 0 Å². The summed E-state index contributed by atoms with van der Waals surface area (Å²) in [6.07, 6.45) is 0. The SMILES string of the molecule is [B]/C(C)=C([B])/C([B])=c1/c(-n2c(-c3c([B])c([B])c(O)c([B])c3C)nc3ccccc32)c2c([B])c([B])c([B])c([B])c2c(-c2cc3ccccc3c3ccccc23)c1=[B]. The third-order valence-electron chi connectivity index (χ3n) is 10.8. The molecule has 1 aromatic heterocycles. The van der Waals surface area contributed by atoms with E-state index in [2.05, 4.69) is 6.07 Å². The Bertz CT molecular complexity index is 3180. The summed E-state index contributed by atoms with van der Waals surface area (Å²) in [5.41, 5.74) is 4.00. The molecule has 0 saturated heterocycles. The van der Waals surface area contributed by atoms with Gasteiger partial charge in [0.15, 0.2) is 0 Å². The zero-order valence-electron chi connectivity index (χ0n) is 30.7. The van der Waals surface area contributed by atoms with Crippen molar-refractivity contribution in [2.45, 2.75) is 13.8 Å². The first-order valence-corrected chi connectivity index (χ1v) is 17.6. The Kier molecular flexibility index (Phi) is 9.34. The molecule has 0 fully saturated rings. The van der Waals surface area contributed by atoms with E-state index in [1.165, 1.54) is 0 Å². The standard InChI is InChI=1S/C42H20B11N2O/c1-16-25(33(47)39(53)41(56)30(16)44)42-54-23-13-7-8-14-24(23)55(42)40-28-27(34(48)37(51)38(52)35(28)49)26(32(46)29(40)36(50)31(45)17(2)43)22-15-18-9-3-4-10-19(18)20-11-5-6-12-21(20)22/h3-15,56H,1-2H3/b31-17-,36-29-. The summed E-state index contributed by atoms with van der Waals surface area (Å²) in [6, 6.07) is 25.4. The summed E-state index contributed by atoms with van der Waals surface area (Å²) in [7, 11) is 74.7. The molecule has 237 valence electrons. The fraction of sp³-hybridized carbons (Fsp3) is 0.0476. The van der Waals surface area contributed by atoms with E-state index in [1.54, 1.807) is 18.4 Å². The zero-order valence-corrected chi connectivity index (χ0v) is 30.7. The first-order chi connectivity index (χ1) is 26.7. The topological polar surface area (TPSA) is 38.0 Å². The number of hydrogen-bond acceptors (Lipinski definition) is 2. The molecule has 8 rings (SSSR count). The van der Waals surface area contributed by atoms with E-state index in [4.69, 9.17) is 90.9 Å². The predicted molar refractivity (Wildman–Crippen MR) is 246 cm³/mol. The first kappa shape index (κ1) is 37.8. The molecule has 1 heterocycles. The van der Waals surface area contributed by atoms with Gasteiger partial charge in [0.05, 0.1) is 0 Å². The minimum absolute atomic E-state index is 0.0196. The molecule has 0 aliphatic carbocycles. The van der Waals surface area contributed by atoms with Crippen molar-refractivity contribution >= 4 is 173 Å². The van der Waals surface area contributed by atoms with Crippen LogP contribution in [0.1, 0.15) is 12.5 Å². The molecule has 0 aliphatic rings. The summed E-state index contributed by atoms with van der Waals surface area (Å²) >= 11 is 0. The van der Waals surface area contributed by atoms with Gasteiger partial charge in [0.1, 0.15) is 0 Å². The van der Waals surface area contributed by atoms with E-state index in [0.29, 0.717) is 44.2 Å². The fourth-order valence-electron chi connectivity index (χ4n) is 7.86. The third-order valence-corrected chi connectivity index (χ3v) is 10.8. The Hall–Kier alpha value is -5.09. The molecule has 21 radical (unpaired) electrons. The summed E-state index contributed by atoms with van der Waals surface area (Å²) in [5, 5.41) is 15.8. The molecule has 14 heteroatoms. The summed E-state index contributed by atoms with van der Waals surface area (Å²) in [5.74, 6) is -0.0819. The van der Waals surface area contributed by atoms with Gasteiger partial charge in [-0.1, -0.05) is 0 Å². The zero-order chi connectivity index (χ0) is 40.1. The van der Waals surface area contributed by atoms with Crippen molar-refractivity contribution in [1.82, 2.24) is 9.55 Å². The number of rotatable bonds is 4. The van der Waals surface area contributed by atoms with Crippen LogP contribution in [0.25, 0.3) is 77.0 Å². The van der Waals surface area contributed by atoms with Crippen LogP contribution in [0.4, 0.5) is 0 Å². The van der Waals surface area contributed by atoms with Crippen LogP contribution in [0, 0.1) is 12.0 Å². The van der Waals surface area contributed by atoms with Gasteiger partial charge >= 0.3 is 341 Å². The van der Waals surface area contributed by atoms with Gasteiger partial charge < -0.3 is 0 Å². The van der Waals surface area contributed by atoms with Crippen molar-refractivity contribution in [3.05, 3.63) is 106 Å². The number of imidazole rings is 1. The minimum atomic E-state index is -0.345. The van der Waals surface area contributed by atoms with Crippen LogP contribution in [0.15, 0.2) is 89.8 Å². The number of fused-ring (bicyclic) bond motifs is 5. The van der Waals surface area contributed by atoms with Crippen LogP contribution in [0.5, 0.6) is 5.75 Å². The first-order valence-electron chi connectivity index (χ1n) is 17.6. The van der Waals surface area contributed by atoms with Gasteiger partial charge in [-0.15, -0.1) is 0 Å². The fourth-order valence-corrected chi connectivity index (χ4v) is 7.86. The van der Waals surface area contributed by atoms with Crippen molar-refractivity contribution in [1.29, 1.82) is 0 Å².